The summed E-state index contributed by atoms with van der Waals surface area (Å²) in [5.41, 5.74) is 2.33. The molecule has 2 heterocycles. The van der Waals surface area contributed by atoms with Gasteiger partial charge in [0, 0.05) is 28.0 Å². The van der Waals surface area contributed by atoms with Gasteiger partial charge in [0.1, 0.15) is 0 Å². The van der Waals surface area contributed by atoms with Crippen molar-refractivity contribution in [3.05, 3.63) is 68.2 Å². The number of hydrogen-bond acceptors (Lipinski definition) is 3. The van der Waals surface area contributed by atoms with E-state index in [0.29, 0.717) is 16.9 Å². The van der Waals surface area contributed by atoms with Crippen LogP contribution in [0.4, 0.5) is 0 Å². The van der Waals surface area contributed by atoms with E-state index >= 15 is 0 Å². The largest absolute Gasteiger partial charge is 0.349 e. The molecule has 2 N–H and O–H groups in total. The molecule has 3 rings (SSSR count). The number of hydrogen-bond donors (Lipinski definition) is 2. The van der Waals surface area contributed by atoms with Crippen molar-refractivity contribution in [3.8, 4) is 0 Å². The van der Waals surface area contributed by atoms with Gasteiger partial charge >= 0.3 is 0 Å². The van der Waals surface area contributed by atoms with Crippen LogP contribution in [0.1, 0.15) is 36.2 Å². The fourth-order valence-corrected chi connectivity index (χ4v) is 3.10. The van der Waals surface area contributed by atoms with E-state index in [1.807, 2.05) is 31.2 Å². The third-order valence-corrected chi connectivity index (χ3v) is 4.73. The lowest BCUT2D eigenvalue weighted by atomic mass is 10.0. The van der Waals surface area contributed by atoms with Crippen molar-refractivity contribution in [2.45, 2.75) is 32.7 Å². The van der Waals surface area contributed by atoms with Gasteiger partial charge in [0.15, 0.2) is 5.65 Å². The first-order valence-corrected chi connectivity index (χ1v) is 8.89. The Balaban J connectivity index is 1.80. The molecule has 0 aliphatic carbocycles. The first-order valence-electron chi connectivity index (χ1n) is 8.10. The van der Waals surface area contributed by atoms with Crippen molar-refractivity contribution >= 4 is 27.5 Å². The van der Waals surface area contributed by atoms with E-state index in [4.69, 9.17) is 0 Å². The number of fused-ring (bicyclic) bond motifs is 1. The molecule has 3 aromatic rings. The lowest BCUT2D eigenvalue weighted by Crippen LogP contribution is -2.32. The fourth-order valence-electron chi connectivity index (χ4n) is 2.83. The highest BCUT2D eigenvalue weighted by molar-refractivity contribution is 9.10. The van der Waals surface area contributed by atoms with Gasteiger partial charge in [-0.2, -0.15) is 0 Å². The molecule has 0 saturated carbocycles. The molecule has 1 atom stereocenters. The van der Waals surface area contributed by atoms with Crippen molar-refractivity contribution in [2.75, 3.05) is 0 Å². The van der Waals surface area contributed by atoms with Crippen LogP contribution in [-0.4, -0.2) is 20.5 Å². The minimum atomic E-state index is -0.237. The van der Waals surface area contributed by atoms with Crippen molar-refractivity contribution in [3.63, 3.8) is 0 Å². The number of amides is 1. The second-order valence-electron chi connectivity index (χ2n) is 5.89. The van der Waals surface area contributed by atoms with Crippen molar-refractivity contribution in [1.29, 1.82) is 0 Å². The summed E-state index contributed by atoms with van der Waals surface area (Å²) in [6.45, 7) is 3.77. The van der Waals surface area contributed by atoms with Gasteiger partial charge in [-0.15, -0.1) is 0 Å². The van der Waals surface area contributed by atoms with Crippen LogP contribution in [0.3, 0.4) is 0 Å². The van der Waals surface area contributed by atoms with Crippen LogP contribution >= 0.6 is 15.9 Å². The van der Waals surface area contributed by atoms with Gasteiger partial charge < -0.3 is 5.32 Å². The Morgan fingerprint density at radius 2 is 2.04 bits per heavy atom. The Labute approximate surface area is 153 Å². The standard InChI is InChI=1S/C18H19BrN4O2/c1-3-15(12-4-6-13(19)7-5-12)22-17(24)10-14-11(2)21-16-8-9-20-23(16)18(14)25/h4-9,15,20H,3,10H2,1-2H3,(H,22,24). The number of benzene rings is 1. The van der Waals surface area contributed by atoms with Gasteiger partial charge in [-0.3, -0.25) is 14.7 Å². The summed E-state index contributed by atoms with van der Waals surface area (Å²) in [6.07, 6.45) is 2.42. The Morgan fingerprint density at radius 1 is 1.32 bits per heavy atom. The normalized spacial score (nSPS) is 12.3. The summed E-state index contributed by atoms with van der Waals surface area (Å²) in [6, 6.07) is 9.48. The van der Waals surface area contributed by atoms with Crippen LogP contribution in [-0.2, 0) is 11.2 Å². The fraction of sp³-hybridized carbons (Fsp3) is 0.278. The molecule has 130 valence electrons. The molecule has 0 aliphatic heterocycles. The van der Waals surface area contributed by atoms with Gasteiger partial charge in [0.05, 0.1) is 12.5 Å². The van der Waals surface area contributed by atoms with Crippen molar-refractivity contribution in [1.82, 2.24) is 19.9 Å². The van der Waals surface area contributed by atoms with Gasteiger partial charge in [0.2, 0.25) is 5.91 Å². The number of aromatic amines is 1. The summed E-state index contributed by atoms with van der Waals surface area (Å²) in [5, 5.41) is 5.82. The van der Waals surface area contributed by atoms with E-state index in [0.717, 1.165) is 16.5 Å². The van der Waals surface area contributed by atoms with Crippen LogP contribution in [0.2, 0.25) is 0 Å². The molecule has 1 unspecified atom stereocenters. The highest BCUT2D eigenvalue weighted by atomic mass is 79.9. The number of aryl methyl sites for hydroxylation is 1. The average molecular weight is 403 g/mol. The third-order valence-electron chi connectivity index (χ3n) is 4.20. The number of H-pyrrole nitrogens is 1. The predicted octanol–water partition coefficient (Wildman–Crippen LogP) is 2.90. The van der Waals surface area contributed by atoms with Gasteiger partial charge in [-0.1, -0.05) is 35.0 Å². The average Bonchev–Trinajstić information content (AvgIpc) is 3.06. The summed E-state index contributed by atoms with van der Waals surface area (Å²) in [7, 11) is 0. The topological polar surface area (TPSA) is 79.3 Å². The summed E-state index contributed by atoms with van der Waals surface area (Å²) < 4.78 is 2.34. The zero-order valence-electron chi connectivity index (χ0n) is 14.0. The van der Waals surface area contributed by atoms with Crippen LogP contribution in [0.5, 0.6) is 0 Å². The first kappa shape index (κ1) is 17.4. The van der Waals surface area contributed by atoms with Gasteiger partial charge in [0.25, 0.3) is 5.56 Å². The van der Waals surface area contributed by atoms with Crippen molar-refractivity contribution in [2.24, 2.45) is 0 Å². The van der Waals surface area contributed by atoms with Crippen LogP contribution < -0.4 is 10.9 Å². The summed E-state index contributed by atoms with van der Waals surface area (Å²) in [4.78, 5) is 29.4. The molecule has 0 bridgehead atoms. The number of aromatic nitrogens is 3. The molecule has 6 nitrogen and oxygen atoms in total. The second-order valence-corrected chi connectivity index (χ2v) is 6.81. The molecular weight excluding hydrogens is 384 g/mol. The van der Waals surface area contributed by atoms with E-state index in [1.54, 1.807) is 19.2 Å². The number of rotatable bonds is 5. The second kappa shape index (κ2) is 7.23. The minimum Gasteiger partial charge on any atom is -0.349 e. The first-order chi connectivity index (χ1) is 12.0. The Bertz CT molecular complexity index is 959. The molecule has 1 amide bonds. The summed E-state index contributed by atoms with van der Waals surface area (Å²) >= 11 is 3.41. The Kier molecular flexibility index (Phi) is 5.03. The maximum Gasteiger partial charge on any atom is 0.276 e. The number of nitrogens with zero attached hydrogens (tertiary/aromatic N) is 2. The summed E-state index contributed by atoms with van der Waals surface area (Å²) in [5.74, 6) is -0.191. The highest BCUT2D eigenvalue weighted by Crippen LogP contribution is 2.19. The monoisotopic (exact) mass is 402 g/mol. The zero-order chi connectivity index (χ0) is 18.0. The van der Waals surface area contributed by atoms with Crippen LogP contribution in [0, 0.1) is 6.92 Å². The number of carbonyl (C=O) groups is 1. The van der Waals surface area contributed by atoms with Crippen molar-refractivity contribution < 1.29 is 4.79 Å². The molecule has 7 heteroatoms. The third kappa shape index (κ3) is 3.66. The maximum atomic E-state index is 12.5. The van der Waals surface area contributed by atoms with Gasteiger partial charge in [-0.25, -0.2) is 9.50 Å². The minimum absolute atomic E-state index is 0.00660. The van der Waals surface area contributed by atoms with E-state index < -0.39 is 0 Å². The van der Waals surface area contributed by atoms with Gasteiger partial charge in [-0.05, 0) is 31.0 Å². The van der Waals surface area contributed by atoms with E-state index in [-0.39, 0.29) is 23.9 Å². The molecule has 0 saturated heterocycles. The smallest absolute Gasteiger partial charge is 0.276 e. The number of halogens is 1. The Hall–Kier alpha value is -2.41. The predicted molar refractivity (Wildman–Crippen MR) is 99.6 cm³/mol. The van der Waals surface area contributed by atoms with Crippen LogP contribution in [0.15, 0.2) is 45.8 Å². The van der Waals surface area contributed by atoms with E-state index in [2.05, 4.69) is 31.3 Å². The lowest BCUT2D eigenvalue weighted by Gasteiger charge is -2.18. The van der Waals surface area contributed by atoms with Crippen LogP contribution in [0.25, 0.3) is 5.65 Å². The number of nitrogens with one attached hydrogen (secondary N) is 2. The molecular formula is C18H19BrN4O2. The Morgan fingerprint density at radius 3 is 2.72 bits per heavy atom. The SMILES string of the molecule is CCC(NC(=O)Cc1c(C)nc2cc[nH]n2c1=O)c1ccc(Br)cc1. The van der Waals surface area contributed by atoms with E-state index in [1.165, 1.54) is 4.52 Å². The molecule has 1 aromatic carbocycles. The number of carbonyl (C=O) groups excluding carboxylic acids is 1. The lowest BCUT2D eigenvalue weighted by molar-refractivity contribution is -0.121. The molecule has 0 aliphatic rings. The molecule has 0 radical (unpaired) electrons. The molecule has 2 aromatic heterocycles. The maximum absolute atomic E-state index is 12.5. The zero-order valence-corrected chi connectivity index (χ0v) is 15.6. The highest BCUT2D eigenvalue weighted by Gasteiger charge is 2.17. The molecule has 25 heavy (non-hydrogen) atoms. The van der Waals surface area contributed by atoms with E-state index in [9.17, 15) is 9.59 Å². The molecule has 0 fully saturated rings. The quantitative estimate of drug-likeness (QED) is 0.688. The molecule has 0 spiro atoms.